The van der Waals surface area contributed by atoms with Gasteiger partial charge < -0.3 is 9.84 Å². The average Bonchev–Trinajstić information content (AvgIpc) is 2.70. The SMILES string of the molecule is CC(=O)O[C@@H]1CC[C@@]2(C)C(CC[C@]3(C)C2CCC2[C@@]4(C)CCCC(C)(C)C4CC[C@]23C)[C@]1(C)O. The van der Waals surface area contributed by atoms with Gasteiger partial charge in [0.15, 0.2) is 0 Å². The molecule has 34 heavy (non-hydrogen) atoms. The highest BCUT2D eigenvalue weighted by Gasteiger charge is 2.71. The maximum atomic E-state index is 11.8. The quantitative estimate of drug-likeness (QED) is 0.401. The number of fused-ring (bicyclic) bond motifs is 7. The lowest BCUT2D eigenvalue weighted by atomic mass is 9.31. The zero-order valence-electron chi connectivity index (χ0n) is 23.4. The lowest BCUT2D eigenvalue weighted by molar-refractivity contribution is -0.277. The first-order valence-electron chi connectivity index (χ1n) is 14.5. The topological polar surface area (TPSA) is 46.5 Å². The van der Waals surface area contributed by atoms with Gasteiger partial charge in [-0.15, -0.1) is 0 Å². The minimum absolute atomic E-state index is 0.116. The Bertz CT molecular complexity index is 846. The largest absolute Gasteiger partial charge is 0.459 e. The van der Waals surface area contributed by atoms with Crippen molar-refractivity contribution in [3.05, 3.63) is 0 Å². The second-order valence-electron chi connectivity index (χ2n) is 15.4. The summed E-state index contributed by atoms with van der Waals surface area (Å²) in [6.07, 6.45) is 13.4. The van der Waals surface area contributed by atoms with Gasteiger partial charge in [0.05, 0.1) is 0 Å². The monoisotopic (exact) mass is 472 g/mol. The van der Waals surface area contributed by atoms with Crippen LogP contribution in [-0.4, -0.2) is 22.8 Å². The third kappa shape index (κ3) is 3.07. The molecule has 1 N–H and O–H groups in total. The molecule has 0 aromatic rings. The van der Waals surface area contributed by atoms with Crippen LogP contribution < -0.4 is 0 Å². The van der Waals surface area contributed by atoms with E-state index in [2.05, 4.69) is 41.5 Å². The molecule has 0 saturated heterocycles. The van der Waals surface area contributed by atoms with Crippen molar-refractivity contribution in [3.63, 3.8) is 0 Å². The van der Waals surface area contributed by atoms with Crippen molar-refractivity contribution in [1.29, 1.82) is 0 Å². The predicted molar refractivity (Wildman–Crippen MR) is 137 cm³/mol. The van der Waals surface area contributed by atoms with E-state index in [1.807, 2.05) is 6.92 Å². The maximum absolute atomic E-state index is 11.8. The second-order valence-corrected chi connectivity index (χ2v) is 15.4. The number of carbonyl (C=O) groups is 1. The van der Waals surface area contributed by atoms with E-state index < -0.39 is 5.60 Å². The fourth-order valence-corrected chi connectivity index (χ4v) is 12.2. The molecule has 4 unspecified atom stereocenters. The highest BCUT2D eigenvalue weighted by Crippen LogP contribution is 2.77. The number of hydrogen-bond donors (Lipinski definition) is 1. The Morgan fingerprint density at radius 2 is 1.21 bits per heavy atom. The van der Waals surface area contributed by atoms with Crippen LogP contribution in [0.2, 0.25) is 0 Å². The van der Waals surface area contributed by atoms with Crippen LogP contribution in [0.25, 0.3) is 0 Å². The van der Waals surface area contributed by atoms with E-state index >= 15 is 0 Å². The van der Waals surface area contributed by atoms with Gasteiger partial charge in [0.2, 0.25) is 0 Å². The minimum atomic E-state index is -0.936. The van der Waals surface area contributed by atoms with Gasteiger partial charge in [-0.1, -0.05) is 48.0 Å². The third-order valence-electron chi connectivity index (χ3n) is 13.8. The Morgan fingerprint density at radius 1 is 0.676 bits per heavy atom. The molecule has 5 saturated carbocycles. The summed E-state index contributed by atoms with van der Waals surface area (Å²) in [7, 11) is 0. The Labute approximate surface area is 209 Å². The first-order chi connectivity index (χ1) is 15.6. The van der Waals surface area contributed by atoms with Gasteiger partial charge in [-0.05, 0) is 122 Å². The van der Waals surface area contributed by atoms with E-state index in [4.69, 9.17) is 4.74 Å². The fourth-order valence-electron chi connectivity index (χ4n) is 12.2. The lowest BCUT2D eigenvalue weighted by Gasteiger charge is -2.74. The van der Waals surface area contributed by atoms with Crippen molar-refractivity contribution in [2.75, 3.05) is 0 Å². The van der Waals surface area contributed by atoms with Gasteiger partial charge in [-0.3, -0.25) is 4.79 Å². The lowest BCUT2D eigenvalue weighted by Crippen LogP contribution is -2.69. The number of esters is 1. The van der Waals surface area contributed by atoms with Crippen LogP contribution in [0.15, 0.2) is 0 Å². The molecule has 5 aliphatic carbocycles. The molecule has 0 radical (unpaired) electrons. The minimum Gasteiger partial charge on any atom is -0.459 e. The molecule has 5 aliphatic rings. The van der Waals surface area contributed by atoms with Gasteiger partial charge in [-0.2, -0.15) is 0 Å². The zero-order chi connectivity index (χ0) is 24.9. The summed E-state index contributed by atoms with van der Waals surface area (Å²) in [5.41, 5.74) is 0.824. The van der Waals surface area contributed by atoms with Crippen molar-refractivity contribution in [3.8, 4) is 0 Å². The van der Waals surface area contributed by atoms with Crippen LogP contribution in [0.5, 0.6) is 0 Å². The van der Waals surface area contributed by atoms with E-state index in [1.165, 1.54) is 58.3 Å². The van der Waals surface area contributed by atoms with Gasteiger partial charge in [0.25, 0.3) is 0 Å². The summed E-state index contributed by atoms with van der Waals surface area (Å²) in [5.74, 6) is 2.26. The van der Waals surface area contributed by atoms with Crippen molar-refractivity contribution < 1.29 is 14.6 Å². The van der Waals surface area contributed by atoms with E-state index in [1.54, 1.807) is 0 Å². The smallest absolute Gasteiger partial charge is 0.303 e. The Hall–Kier alpha value is -0.570. The van der Waals surface area contributed by atoms with E-state index in [0.717, 1.165) is 31.1 Å². The number of aliphatic hydroxyl groups is 1. The molecular weight excluding hydrogens is 420 g/mol. The van der Waals surface area contributed by atoms with Crippen molar-refractivity contribution in [2.24, 2.45) is 50.7 Å². The van der Waals surface area contributed by atoms with Gasteiger partial charge >= 0.3 is 5.97 Å². The second kappa shape index (κ2) is 7.48. The normalized spacial score (nSPS) is 56.3. The highest BCUT2D eigenvalue weighted by atomic mass is 16.6. The van der Waals surface area contributed by atoms with E-state index in [-0.39, 0.29) is 23.4 Å². The van der Waals surface area contributed by atoms with Crippen molar-refractivity contribution in [1.82, 2.24) is 0 Å². The van der Waals surface area contributed by atoms with Crippen molar-refractivity contribution in [2.45, 2.75) is 138 Å². The Balaban J connectivity index is 1.50. The van der Waals surface area contributed by atoms with E-state index in [9.17, 15) is 9.90 Å². The first kappa shape index (κ1) is 25.1. The summed E-state index contributed by atoms with van der Waals surface area (Å²) in [5, 5.41) is 11.8. The molecule has 0 bridgehead atoms. The molecule has 0 heterocycles. The van der Waals surface area contributed by atoms with Gasteiger partial charge in [0, 0.05) is 6.92 Å². The highest BCUT2D eigenvalue weighted by molar-refractivity contribution is 5.66. The number of carbonyl (C=O) groups excluding carboxylic acids is 1. The van der Waals surface area contributed by atoms with Crippen LogP contribution in [-0.2, 0) is 9.53 Å². The fraction of sp³-hybridized carbons (Fsp3) is 0.968. The molecule has 3 heteroatoms. The molecule has 0 amide bonds. The van der Waals surface area contributed by atoms with Crippen LogP contribution in [0, 0.1) is 50.7 Å². The number of ether oxygens (including phenoxy) is 1. The Morgan fingerprint density at radius 3 is 1.76 bits per heavy atom. The molecule has 3 nitrogen and oxygen atoms in total. The summed E-state index contributed by atoms with van der Waals surface area (Å²) in [6, 6.07) is 0. The summed E-state index contributed by atoms with van der Waals surface area (Å²) in [6.45, 7) is 19.1. The standard InChI is InChI=1S/C31H52O3/c1-20(32)34-25-14-17-28(5)23-11-10-22-27(4)16-9-15-26(2,3)21(27)12-18-29(22,6)30(23,7)19-13-24(28)31(25,8)33/h21-25,33H,9-19H2,1-8H3/t21?,22?,23?,24?,25-,27+,28-,29-,30-,31+/m1/s1. The maximum Gasteiger partial charge on any atom is 0.303 e. The summed E-state index contributed by atoms with van der Waals surface area (Å²) < 4.78 is 5.67. The zero-order valence-corrected chi connectivity index (χ0v) is 23.4. The van der Waals surface area contributed by atoms with Crippen LogP contribution in [0.3, 0.4) is 0 Å². The van der Waals surface area contributed by atoms with Gasteiger partial charge in [0.1, 0.15) is 11.7 Å². The number of rotatable bonds is 1. The molecule has 0 aromatic carbocycles. The third-order valence-corrected chi connectivity index (χ3v) is 13.8. The molecule has 0 aromatic heterocycles. The molecule has 0 spiro atoms. The van der Waals surface area contributed by atoms with Crippen LogP contribution in [0.1, 0.15) is 126 Å². The predicted octanol–water partition coefficient (Wildman–Crippen LogP) is 7.54. The first-order valence-corrected chi connectivity index (χ1v) is 14.5. The number of hydrogen-bond acceptors (Lipinski definition) is 3. The molecule has 10 atom stereocenters. The van der Waals surface area contributed by atoms with Crippen LogP contribution in [0.4, 0.5) is 0 Å². The molecule has 5 rings (SSSR count). The Kier molecular flexibility index (Phi) is 5.52. The van der Waals surface area contributed by atoms with Crippen LogP contribution >= 0.6 is 0 Å². The van der Waals surface area contributed by atoms with Gasteiger partial charge in [-0.25, -0.2) is 0 Å². The average molecular weight is 473 g/mol. The van der Waals surface area contributed by atoms with Crippen molar-refractivity contribution >= 4 is 5.97 Å². The van der Waals surface area contributed by atoms with E-state index in [0.29, 0.717) is 27.6 Å². The molecular formula is C31H52O3. The molecule has 0 aliphatic heterocycles. The summed E-state index contributed by atoms with van der Waals surface area (Å²) in [4.78, 5) is 11.8. The summed E-state index contributed by atoms with van der Waals surface area (Å²) >= 11 is 0. The molecule has 5 fully saturated rings. The molecule has 194 valence electrons.